The van der Waals surface area contributed by atoms with E-state index in [1.54, 1.807) is 24.4 Å². The van der Waals surface area contributed by atoms with Gasteiger partial charge in [0.2, 0.25) is 0 Å². The smallest absolute Gasteiger partial charge is 0.179 e. The van der Waals surface area contributed by atoms with Crippen LogP contribution < -0.4 is 0 Å². The van der Waals surface area contributed by atoms with Crippen LogP contribution in [0.15, 0.2) is 29.8 Å². The molecule has 0 bridgehead atoms. The van der Waals surface area contributed by atoms with Gasteiger partial charge in [0.15, 0.2) is 11.7 Å². The van der Waals surface area contributed by atoms with Crippen molar-refractivity contribution >= 4 is 34.8 Å². The van der Waals surface area contributed by atoms with Crippen molar-refractivity contribution in [3.8, 4) is 6.07 Å². The van der Waals surface area contributed by atoms with Crippen LogP contribution in [-0.2, 0) is 4.79 Å². The van der Waals surface area contributed by atoms with E-state index in [0.29, 0.717) is 10.2 Å². The maximum atomic E-state index is 12.2. The first-order chi connectivity index (χ1) is 10.5. The maximum Gasteiger partial charge on any atom is 0.179 e. The lowest BCUT2D eigenvalue weighted by Gasteiger charge is -2.01. The Kier molecular flexibility index (Phi) is 5.42. The Balaban J connectivity index is 2.15. The third kappa shape index (κ3) is 4.00. The fourth-order valence-electron chi connectivity index (χ4n) is 1.70. The molecule has 2 aromatic heterocycles. The van der Waals surface area contributed by atoms with Crippen molar-refractivity contribution in [2.45, 2.75) is 25.7 Å². The SMILES string of the molecule is CC(C)c1csc(C(C#N)C(=O)/C=C/c2ccc(Cl)nc2)n1. The van der Waals surface area contributed by atoms with Crippen LogP contribution in [-0.4, -0.2) is 15.8 Å². The van der Waals surface area contributed by atoms with Crippen LogP contribution in [0.1, 0.15) is 41.9 Å². The Labute approximate surface area is 138 Å². The van der Waals surface area contributed by atoms with Crippen LogP contribution in [0.2, 0.25) is 5.15 Å². The number of hydrogen-bond acceptors (Lipinski definition) is 5. The molecule has 0 saturated carbocycles. The highest BCUT2D eigenvalue weighted by atomic mass is 35.5. The maximum absolute atomic E-state index is 12.2. The van der Waals surface area contributed by atoms with Gasteiger partial charge in [-0.1, -0.05) is 31.5 Å². The third-order valence-corrected chi connectivity index (χ3v) is 4.13. The van der Waals surface area contributed by atoms with Crippen molar-refractivity contribution in [3.63, 3.8) is 0 Å². The van der Waals surface area contributed by atoms with Gasteiger partial charge < -0.3 is 0 Å². The van der Waals surface area contributed by atoms with Gasteiger partial charge in [0.1, 0.15) is 10.2 Å². The molecule has 2 aromatic rings. The topological polar surface area (TPSA) is 66.6 Å². The Hall–Kier alpha value is -2.03. The fourth-order valence-corrected chi connectivity index (χ4v) is 2.84. The van der Waals surface area contributed by atoms with Gasteiger partial charge in [-0.3, -0.25) is 4.79 Å². The van der Waals surface area contributed by atoms with Crippen LogP contribution in [0.5, 0.6) is 0 Å². The average molecular weight is 332 g/mol. The number of thiazole rings is 1. The highest BCUT2D eigenvalue weighted by molar-refractivity contribution is 7.10. The number of hydrogen-bond donors (Lipinski definition) is 0. The molecule has 112 valence electrons. The minimum Gasteiger partial charge on any atom is -0.293 e. The molecule has 0 spiro atoms. The number of rotatable bonds is 5. The first kappa shape index (κ1) is 16.3. The normalized spacial score (nSPS) is 12.5. The molecule has 0 amide bonds. The summed E-state index contributed by atoms with van der Waals surface area (Å²) >= 11 is 7.05. The largest absolute Gasteiger partial charge is 0.293 e. The van der Waals surface area contributed by atoms with E-state index in [9.17, 15) is 10.1 Å². The number of ketones is 1. The number of nitrogens with zero attached hydrogens (tertiary/aromatic N) is 3. The van der Waals surface area contributed by atoms with E-state index in [1.807, 2.05) is 25.3 Å². The molecule has 22 heavy (non-hydrogen) atoms. The van der Waals surface area contributed by atoms with Crippen LogP contribution in [0, 0.1) is 11.3 Å². The molecule has 0 aromatic carbocycles. The Morgan fingerprint density at radius 3 is 2.77 bits per heavy atom. The van der Waals surface area contributed by atoms with Crippen LogP contribution in [0.4, 0.5) is 0 Å². The number of carbonyl (C=O) groups is 1. The predicted octanol–water partition coefficient (Wildman–Crippen LogP) is 4.20. The minimum absolute atomic E-state index is 0.273. The van der Waals surface area contributed by atoms with Gasteiger partial charge in [0, 0.05) is 11.6 Å². The van der Waals surface area contributed by atoms with Crippen molar-refractivity contribution in [3.05, 3.63) is 51.2 Å². The Morgan fingerprint density at radius 1 is 1.45 bits per heavy atom. The van der Waals surface area contributed by atoms with E-state index in [2.05, 4.69) is 9.97 Å². The molecule has 2 rings (SSSR count). The first-order valence-corrected chi connectivity index (χ1v) is 7.95. The second kappa shape index (κ2) is 7.30. The minimum atomic E-state index is -0.867. The third-order valence-electron chi connectivity index (χ3n) is 2.98. The highest BCUT2D eigenvalue weighted by Crippen LogP contribution is 2.25. The first-order valence-electron chi connectivity index (χ1n) is 6.69. The lowest BCUT2D eigenvalue weighted by Crippen LogP contribution is -2.07. The summed E-state index contributed by atoms with van der Waals surface area (Å²) in [5, 5.41) is 12.1. The molecule has 0 aliphatic heterocycles. The molecule has 0 aliphatic carbocycles. The predicted molar refractivity (Wildman–Crippen MR) is 87.8 cm³/mol. The number of aromatic nitrogens is 2. The number of carbonyl (C=O) groups excluding carboxylic acids is 1. The van der Waals surface area contributed by atoms with Gasteiger partial charge in [-0.05, 0) is 29.7 Å². The summed E-state index contributed by atoms with van der Waals surface area (Å²) in [5.41, 5.74) is 1.65. The van der Waals surface area contributed by atoms with E-state index in [1.165, 1.54) is 17.4 Å². The molecule has 0 aliphatic rings. The van der Waals surface area contributed by atoms with Gasteiger partial charge in [-0.2, -0.15) is 5.26 Å². The average Bonchev–Trinajstić information content (AvgIpc) is 2.97. The lowest BCUT2D eigenvalue weighted by atomic mass is 10.1. The molecule has 4 nitrogen and oxygen atoms in total. The summed E-state index contributed by atoms with van der Waals surface area (Å²) in [6.07, 6.45) is 4.57. The van der Waals surface area contributed by atoms with E-state index in [0.717, 1.165) is 11.3 Å². The zero-order valence-corrected chi connectivity index (χ0v) is 13.7. The van der Waals surface area contributed by atoms with Gasteiger partial charge in [-0.25, -0.2) is 9.97 Å². The standard InChI is InChI=1S/C16H14ClN3OS/c1-10(2)13-9-22-16(20-13)12(7-18)14(21)5-3-11-4-6-15(17)19-8-11/h3-6,8-10,12H,1-2H3/b5-3+. The molecular weight excluding hydrogens is 318 g/mol. The van der Waals surface area contributed by atoms with Gasteiger partial charge in [0.25, 0.3) is 0 Å². The van der Waals surface area contributed by atoms with Crippen LogP contribution in [0.25, 0.3) is 6.08 Å². The molecular formula is C16H14ClN3OS. The number of allylic oxidation sites excluding steroid dienone is 1. The van der Waals surface area contributed by atoms with Crippen molar-refractivity contribution < 1.29 is 4.79 Å². The fraction of sp³-hybridized carbons (Fsp3) is 0.250. The van der Waals surface area contributed by atoms with Gasteiger partial charge in [0.05, 0.1) is 11.8 Å². The lowest BCUT2D eigenvalue weighted by molar-refractivity contribution is -0.114. The number of nitriles is 1. The molecule has 1 unspecified atom stereocenters. The summed E-state index contributed by atoms with van der Waals surface area (Å²) in [5.74, 6) is -0.883. The van der Waals surface area contributed by atoms with E-state index < -0.39 is 5.92 Å². The summed E-state index contributed by atoms with van der Waals surface area (Å²) < 4.78 is 0. The van der Waals surface area contributed by atoms with Crippen LogP contribution in [0.3, 0.4) is 0 Å². The zero-order chi connectivity index (χ0) is 16.1. The van der Waals surface area contributed by atoms with E-state index >= 15 is 0 Å². The summed E-state index contributed by atoms with van der Waals surface area (Å²) in [4.78, 5) is 20.5. The van der Waals surface area contributed by atoms with Crippen molar-refractivity contribution in [1.82, 2.24) is 9.97 Å². The van der Waals surface area contributed by atoms with E-state index in [-0.39, 0.29) is 11.7 Å². The molecule has 6 heteroatoms. The van der Waals surface area contributed by atoms with E-state index in [4.69, 9.17) is 11.6 Å². The summed E-state index contributed by atoms with van der Waals surface area (Å²) in [6, 6.07) is 5.42. The van der Waals surface area contributed by atoms with Crippen LogP contribution >= 0.6 is 22.9 Å². The van der Waals surface area contributed by atoms with Gasteiger partial charge in [-0.15, -0.1) is 11.3 Å². The van der Waals surface area contributed by atoms with Crippen molar-refractivity contribution in [2.75, 3.05) is 0 Å². The summed E-state index contributed by atoms with van der Waals surface area (Å²) in [7, 11) is 0. The molecule has 0 N–H and O–H groups in total. The number of halogens is 1. The summed E-state index contributed by atoms with van der Waals surface area (Å²) in [6.45, 7) is 4.05. The second-order valence-electron chi connectivity index (χ2n) is 4.98. The number of pyridine rings is 1. The molecule has 1 atom stereocenters. The molecule has 0 radical (unpaired) electrons. The quantitative estimate of drug-likeness (QED) is 0.608. The van der Waals surface area contributed by atoms with Gasteiger partial charge >= 0.3 is 0 Å². The Morgan fingerprint density at radius 2 is 2.23 bits per heavy atom. The molecule has 0 fully saturated rings. The molecule has 0 saturated heterocycles. The monoisotopic (exact) mass is 331 g/mol. The second-order valence-corrected chi connectivity index (χ2v) is 6.25. The van der Waals surface area contributed by atoms with Crippen molar-refractivity contribution in [1.29, 1.82) is 5.26 Å². The Bertz CT molecular complexity index is 729. The molecule has 2 heterocycles. The zero-order valence-electron chi connectivity index (χ0n) is 12.2. The highest BCUT2D eigenvalue weighted by Gasteiger charge is 2.22. The van der Waals surface area contributed by atoms with Crippen molar-refractivity contribution in [2.24, 2.45) is 0 Å².